The van der Waals surface area contributed by atoms with Crippen LogP contribution in [0.1, 0.15) is 19.4 Å². The van der Waals surface area contributed by atoms with E-state index in [1.54, 1.807) is 13.0 Å². The molecule has 86 valence electrons. The van der Waals surface area contributed by atoms with E-state index in [4.69, 9.17) is 4.74 Å². The maximum atomic E-state index is 11.4. The molecule has 0 saturated heterocycles. The lowest BCUT2D eigenvalue weighted by atomic mass is 10.2. The number of allylic oxidation sites excluding steroid dienone is 1. The van der Waals surface area contributed by atoms with Crippen LogP contribution in [0.15, 0.2) is 30.4 Å². The molecule has 1 aromatic carbocycles. The monoisotopic (exact) mass is 219 g/mol. The van der Waals surface area contributed by atoms with Crippen molar-refractivity contribution in [2.45, 2.75) is 20.8 Å². The highest BCUT2D eigenvalue weighted by Crippen LogP contribution is 2.25. The van der Waals surface area contributed by atoms with Gasteiger partial charge >= 0.3 is 0 Å². The van der Waals surface area contributed by atoms with E-state index in [0.29, 0.717) is 18.0 Å². The Morgan fingerprint density at radius 2 is 2.25 bits per heavy atom. The molecule has 0 unspecified atom stereocenters. The largest absolute Gasteiger partial charge is 0.492 e. The Bertz CT molecular complexity index is 397. The number of hydrogen-bond donors (Lipinski definition) is 1. The fraction of sp³-hybridized carbons (Fsp3) is 0.308. The van der Waals surface area contributed by atoms with E-state index in [9.17, 15) is 4.79 Å². The summed E-state index contributed by atoms with van der Waals surface area (Å²) in [6.45, 7) is 6.29. The summed E-state index contributed by atoms with van der Waals surface area (Å²) in [4.78, 5) is 11.4. The van der Waals surface area contributed by atoms with Gasteiger partial charge in [0.2, 0.25) is 5.91 Å². The van der Waals surface area contributed by atoms with E-state index in [1.807, 2.05) is 32.0 Å². The van der Waals surface area contributed by atoms with Gasteiger partial charge in [-0.05, 0) is 44.5 Å². The number of benzene rings is 1. The van der Waals surface area contributed by atoms with E-state index in [2.05, 4.69) is 5.32 Å². The van der Waals surface area contributed by atoms with Crippen molar-refractivity contribution in [1.82, 2.24) is 0 Å². The Balaban J connectivity index is 2.89. The minimum atomic E-state index is -0.146. The Morgan fingerprint density at radius 1 is 1.50 bits per heavy atom. The normalized spacial score (nSPS) is 10.4. The number of carbonyl (C=O) groups is 1. The lowest BCUT2D eigenvalue weighted by Gasteiger charge is -2.11. The Morgan fingerprint density at radius 3 is 2.88 bits per heavy atom. The Kier molecular flexibility index (Phi) is 4.58. The molecule has 0 aromatic heterocycles. The fourth-order valence-corrected chi connectivity index (χ4v) is 1.33. The number of amides is 1. The molecular weight excluding hydrogens is 202 g/mol. The van der Waals surface area contributed by atoms with Crippen molar-refractivity contribution < 1.29 is 9.53 Å². The van der Waals surface area contributed by atoms with E-state index in [-0.39, 0.29) is 5.91 Å². The molecule has 0 atom stereocenters. The van der Waals surface area contributed by atoms with Gasteiger partial charge in [0.25, 0.3) is 0 Å². The van der Waals surface area contributed by atoms with Crippen molar-refractivity contribution in [3.05, 3.63) is 35.9 Å². The van der Waals surface area contributed by atoms with Crippen molar-refractivity contribution in [3.8, 4) is 5.75 Å². The third-order valence-electron chi connectivity index (χ3n) is 2.01. The zero-order valence-corrected chi connectivity index (χ0v) is 9.91. The van der Waals surface area contributed by atoms with Gasteiger partial charge in [-0.25, -0.2) is 0 Å². The smallest absolute Gasteiger partial charge is 0.248 e. The van der Waals surface area contributed by atoms with Gasteiger partial charge < -0.3 is 10.1 Å². The van der Waals surface area contributed by atoms with Crippen molar-refractivity contribution in [2.75, 3.05) is 11.9 Å². The zero-order valence-electron chi connectivity index (χ0n) is 9.91. The zero-order chi connectivity index (χ0) is 12.0. The topological polar surface area (TPSA) is 38.3 Å². The van der Waals surface area contributed by atoms with Crippen LogP contribution in [0.25, 0.3) is 0 Å². The van der Waals surface area contributed by atoms with Crippen LogP contribution in [-0.2, 0) is 4.79 Å². The summed E-state index contributed by atoms with van der Waals surface area (Å²) in [6, 6.07) is 5.70. The molecule has 1 rings (SSSR count). The van der Waals surface area contributed by atoms with Crippen LogP contribution in [0.4, 0.5) is 5.69 Å². The van der Waals surface area contributed by atoms with E-state index in [0.717, 1.165) is 5.56 Å². The van der Waals surface area contributed by atoms with Crippen LogP contribution in [0.3, 0.4) is 0 Å². The Labute approximate surface area is 96.1 Å². The summed E-state index contributed by atoms with van der Waals surface area (Å²) in [5.41, 5.74) is 1.81. The van der Waals surface area contributed by atoms with Gasteiger partial charge in [0.05, 0.1) is 12.3 Å². The number of ether oxygens (including phenoxy) is 1. The van der Waals surface area contributed by atoms with E-state index >= 15 is 0 Å². The predicted molar refractivity (Wildman–Crippen MR) is 65.8 cm³/mol. The second-order valence-corrected chi connectivity index (χ2v) is 3.42. The number of anilines is 1. The summed E-state index contributed by atoms with van der Waals surface area (Å²) in [5, 5.41) is 2.77. The molecule has 1 aromatic rings. The molecule has 1 N–H and O–H groups in total. The maximum Gasteiger partial charge on any atom is 0.248 e. The number of hydrogen-bond acceptors (Lipinski definition) is 2. The number of rotatable bonds is 4. The highest BCUT2D eigenvalue weighted by atomic mass is 16.5. The van der Waals surface area contributed by atoms with Crippen molar-refractivity contribution in [2.24, 2.45) is 0 Å². The predicted octanol–water partition coefficient (Wildman–Crippen LogP) is 2.91. The average Bonchev–Trinajstić information content (AvgIpc) is 2.23. The molecule has 0 spiro atoms. The van der Waals surface area contributed by atoms with Crippen LogP contribution < -0.4 is 10.1 Å². The molecule has 0 radical (unpaired) electrons. The second-order valence-electron chi connectivity index (χ2n) is 3.42. The van der Waals surface area contributed by atoms with Crippen molar-refractivity contribution >= 4 is 11.6 Å². The molecule has 3 heteroatoms. The van der Waals surface area contributed by atoms with E-state index < -0.39 is 0 Å². The fourth-order valence-electron chi connectivity index (χ4n) is 1.33. The Hall–Kier alpha value is -1.77. The highest BCUT2D eigenvalue weighted by molar-refractivity contribution is 6.00. The number of nitrogens with one attached hydrogen (secondary N) is 1. The molecule has 0 aliphatic carbocycles. The molecule has 1 amide bonds. The summed E-state index contributed by atoms with van der Waals surface area (Å²) < 4.78 is 5.46. The first-order chi connectivity index (χ1) is 7.67. The average molecular weight is 219 g/mol. The van der Waals surface area contributed by atoms with Gasteiger partial charge in [-0.1, -0.05) is 12.1 Å². The molecule has 0 saturated carbocycles. The lowest BCUT2D eigenvalue weighted by Crippen LogP contribution is -2.09. The SMILES string of the molecule is CC=CC(=O)Nc1ccc(C)cc1OCC. The van der Waals surface area contributed by atoms with Crippen molar-refractivity contribution in [3.63, 3.8) is 0 Å². The minimum Gasteiger partial charge on any atom is -0.492 e. The first kappa shape index (κ1) is 12.3. The molecule has 0 aliphatic heterocycles. The van der Waals surface area contributed by atoms with Gasteiger partial charge in [-0.3, -0.25) is 4.79 Å². The lowest BCUT2D eigenvalue weighted by molar-refractivity contribution is -0.111. The van der Waals surface area contributed by atoms with Crippen LogP contribution in [-0.4, -0.2) is 12.5 Å². The summed E-state index contributed by atoms with van der Waals surface area (Å²) in [6.07, 6.45) is 3.18. The van der Waals surface area contributed by atoms with Gasteiger partial charge in [0.1, 0.15) is 5.75 Å². The summed E-state index contributed by atoms with van der Waals surface area (Å²) >= 11 is 0. The molecule has 16 heavy (non-hydrogen) atoms. The third kappa shape index (κ3) is 3.42. The third-order valence-corrected chi connectivity index (χ3v) is 2.01. The summed E-state index contributed by atoms with van der Waals surface area (Å²) in [5.74, 6) is 0.563. The maximum absolute atomic E-state index is 11.4. The first-order valence-corrected chi connectivity index (χ1v) is 5.34. The molecule has 0 aliphatic rings. The molecule has 0 heterocycles. The summed E-state index contributed by atoms with van der Waals surface area (Å²) in [7, 11) is 0. The molecule has 0 bridgehead atoms. The van der Waals surface area contributed by atoms with Gasteiger partial charge in [-0.15, -0.1) is 0 Å². The van der Waals surface area contributed by atoms with Crippen LogP contribution in [0.2, 0.25) is 0 Å². The number of carbonyl (C=O) groups excluding carboxylic acids is 1. The van der Waals surface area contributed by atoms with E-state index in [1.165, 1.54) is 6.08 Å². The number of aryl methyl sites for hydroxylation is 1. The highest BCUT2D eigenvalue weighted by Gasteiger charge is 2.05. The van der Waals surface area contributed by atoms with Crippen LogP contribution in [0, 0.1) is 6.92 Å². The standard InChI is InChI=1S/C13H17NO2/c1-4-6-13(15)14-11-8-7-10(3)9-12(11)16-5-2/h4,6-9H,5H2,1-3H3,(H,14,15). The van der Waals surface area contributed by atoms with Crippen LogP contribution >= 0.6 is 0 Å². The van der Waals surface area contributed by atoms with Crippen molar-refractivity contribution in [1.29, 1.82) is 0 Å². The van der Waals surface area contributed by atoms with Crippen LogP contribution in [0.5, 0.6) is 5.75 Å². The molecular formula is C13H17NO2. The van der Waals surface area contributed by atoms with Gasteiger partial charge in [0.15, 0.2) is 0 Å². The van der Waals surface area contributed by atoms with Gasteiger partial charge in [0, 0.05) is 0 Å². The second kappa shape index (κ2) is 5.95. The van der Waals surface area contributed by atoms with Gasteiger partial charge in [-0.2, -0.15) is 0 Å². The quantitative estimate of drug-likeness (QED) is 0.791. The minimum absolute atomic E-state index is 0.146. The molecule has 0 fully saturated rings. The first-order valence-electron chi connectivity index (χ1n) is 5.34. The molecule has 3 nitrogen and oxygen atoms in total.